The van der Waals surface area contributed by atoms with E-state index in [1.807, 2.05) is 0 Å². The Morgan fingerprint density at radius 1 is 1.22 bits per heavy atom. The maximum absolute atomic E-state index is 11.6. The molecule has 4 nitrogen and oxygen atoms in total. The van der Waals surface area contributed by atoms with Crippen LogP contribution in [-0.4, -0.2) is 56.0 Å². The first kappa shape index (κ1) is 17.4. The van der Waals surface area contributed by atoms with E-state index in [4.69, 9.17) is 5.73 Å². The van der Waals surface area contributed by atoms with Gasteiger partial charge in [-0.1, -0.05) is 27.2 Å². The monoisotopic (exact) mass is 257 g/mol. The van der Waals surface area contributed by atoms with Crippen molar-refractivity contribution in [1.29, 1.82) is 0 Å². The average Bonchev–Trinajstić information content (AvgIpc) is 2.32. The lowest BCUT2D eigenvalue weighted by Gasteiger charge is -2.24. The Kier molecular flexibility index (Phi) is 8.20. The molecule has 2 N–H and O–H groups in total. The van der Waals surface area contributed by atoms with Crippen LogP contribution in [-0.2, 0) is 4.79 Å². The molecule has 0 aromatic carbocycles. The van der Waals surface area contributed by atoms with Crippen LogP contribution in [0.2, 0.25) is 0 Å². The summed E-state index contributed by atoms with van der Waals surface area (Å²) in [7, 11) is 3.61. The van der Waals surface area contributed by atoms with E-state index >= 15 is 0 Å². The quantitative estimate of drug-likeness (QED) is 0.638. The van der Waals surface area contributed by atoms with Crippen LogP contribution in [0, 0.1) is 5.41 Å². The van der Waals surface area contributed by atoms with Crippen molar-refractivity contribution >= 4 is 5.91 Å². The Balaban J connectivity index is 3.85. The highest BCUT2D eigenvalue weighted by Crippen LogP contribution is 2.21. The minimum atomic E-state index is 0.180. The van der Waals surface area contributed by atoms with Gasteiger partial charge in [0.25, 0.3) is 0 Å². The number of hydrogen-bond donors (Lipinski definition) is 1. The molecule has 0 saturated carbocycles. The molecule has 0 bridgehead atoms. The molecule has 4 heteroatoms. The van der Waals surface area contributed by atoms with Gasteiger partial charge in [0.15, 0.2) is 0 Å². The fourth-order valence-electron chi connectivity index (χ4n) is 1.72. The first-order chi connectivity index (χ1) is 8.32. The molecule has 0 rings (SSSR count). The van der Waals surface area contributed by atoms with E-state index in [0.29, 0.717) is 6.54 Å². The Bertz CT molecular complexity index is 239. The predicted molar refractivity (Wildman–Crippen MR) is 77.5 cm³/mol. The molecule has 0 aliphatic carbocycles. The molecule has 0 aliphatic rings. The van der Waals surface area contributed by atoms with Crippen LogP contribution in [0.1, 0.15) is 40.0 Å². The van der Waals surface area contributed by atoms with Crippen LogP contribution in [0.15, 0.2) is 0 Å². The summed E-state index contributed by atoms with van der Waals surface area (Å²) in [5, 5.41) is 0. The second-order valence-corrected chi connectivity index (χ2v) is 5.98. The zero-order chi connectivity index (χ0) is 14.2. The van der Waals surface area contributed by atoms with Gasteiger partial charge in [-0.2, -0.15) is 0 Å². The van der Waals surface area contributed by atoms with Crippen LogP contribution in [0.25, 0.3) is 0 Å². The van der Waals surface area contributed by atoms with E-state index in [0.717, 1.165) is 32.5 Å². The molecule has 0 atom stereocenters. The summed E-state index contributed by atoms with van der Waals surface area (Å²) in [4.78, 5) is 15.5. The van der Waals surface area contributed by atoms with Crippen LogP contribution in [0.4, 0.5) is 0 Å². The largest absolute Gasteiger partial charge is 0.348 e. The molecule has 0 spiro atoms. The second kappa shape index (κ2) is 8.48. The fourth-order valence-corrected chi connectivity index (χ4v) is 1.72. The van der Waals surface area contributed by atoms with Crippen LogP contribution in [0.3, 0.4) is 0 Å². The molecule has 0 aromatic heterocycles. The van der Waals surface area contributed by atoms with E-state index in [9.17, 15) is 4.79 Å². The smallest absolute Gasteiger partial charge is 0.236 e. The van der Waals surface area contributed by atoms with Gasteiger partial charge in [-0.15, -0.1) is 0 Å². The number of amides is 1. The van der Waals surface area contributed by atoms with E-state index in [1.54, 1.807) is 19.0 Å². The molecule has 0 saturated heterocycles. The standard InChI is InChI=1S/C14H31N3O/c1-6-17(11-13(18)16(4)5)10-8-7-9-14(2,3)12-15/h6-12,15H2,1-5H3. The van der Waals surface area contributed by atoms with E-state index < -0.39 is 0 Å². The molecule has 0 heterocycles. The van der Waals surface area contributed by atoms with Crippen molar-refractivity contribution in [3.8, 4) is 0 Å². The van der Waals surface area contributed by atoms with Crippen molar-refractivity contribution in [2.75, 3.05) is 40.3 Å². The number of carbonyl (C=O) groups excluding carboxylic acids is 1. The van der Waals surface area contributed by atoms with Gasteiger partial charge in [0.1, 0.15) is 0 Å². The van der Waals surface area contributed by atoms with Gasteiger partial charge in [0.05, 0.1) is 6.54 Å². The third kappa shape index (κ3) is 7.67. The first-order valence-corrected chi connectivity index (χ1v) is 6.95. The molecule has 0 unspecified atom stereocenters. The van der Waals surface area contributed by atoms with Crippen molar-refractivity contribution in [1.82, 2.24) is 9.80 Å². The summed E-state index contributed by atoms with van der Waals surface area (Å²) in [6.07, 6.45) is 3.47. The van der Waals surface area contributed by atoms with Gasteiger partial charge in [-0.25, -0.2) is 0 Å². The van der Waals surface area contributed by atoms with Crippen LogP contribution < -0.4 is 5.73 Å². The minimum Gasteiger partial charge on any atom is -0.348 e. The molecule has 0 aromatic rings. The van der Waals surface area contributed by atoms with Crippen molar-refractivity contribution in [2.24, 2.45) is 11.1 Å². The predicted octanol–water partition coefficient (Wildman–Crippen LogP) is 1.55. The van der Waals surface area contributed by atoms with Gasteiger partial charge in [0, 0.05) is 14.1 Å². The topological polar surface area (TPSA) is 49.6 Å². The van der Waals surface area contributed by atoms with Crippen molar-refractivity contribution in [3.05, 3.63) is 0 Å². The second-order valence-electron chi connectivity index (χ2n) is 5.98. The average molecular weight is 257 g/mol. The van der Waals surface area contributed by atoms with Gasteiger partial charge < -0.3 is 10.6 Å². The zero-order valence-corrected chi connectivity index (χ0v) is 12.8. The van der Waals surface area contributed by atoms with Gasteiger partial charge in [-0.05, 0) is 37.9 Å². The van der Waals surface area contributed by atoms with Crippen molar-refractivity contribution in [2.45, 2.75) is 40.0 Å². The molecule has 1 amide bonds. The first-order valence-electron chi connectivity index (χ1n) is 6.95. The normalized spacial score (nSPS) is 11.9. The lowest BCUT2D eigenvalue weighted by molar-refractivity contribution is -0.129. The molecular formula is C14H31N3O. The summed E-state index contributed by atoms with van der Waals surface area (Å²) in [5.41, 5.74) is 5.96. The zero-order valence-electron chi connectivity index (χ0n) is 12.8. The third-order valence-electron chi connectivity index (χ3n) is 3.44. The number of unbranched alkanes of at least 4 members (excludes halogenated alkanes) is 1. The van der Waals surface area contributed by atoms with E-state index in [2.05, 4.69) is 25.7 Å². The highest BCUT2D eigenvalue weighted by molar-refractivity contribution is 5.77. The Labute approximate surface area is 113 Å². The molecular weight excluding hydrogens is 226 g/mol. The highest BCUT2D eigenvalue weighted by atomic mass is 16.2. The van der Waals surface area contributed by atoms with Gasteiger partial charge in [-0.3, -0.25) is 9.69 Å². The lowest BCUT2D eigenvalue weighted by Crippen LogP contribution is -2.37. The highest BCUT2D eigenvalue weighted by Gasteiger charge is 2.15. The molecule has 0 fully saturated rings. The minimum absolute atomic E-state index is 0.180. The van der Waals surface area contributed by atoms with Crippen molar-refractivity contribution < 1.29 is 4.79 Å². The van der Waals surface area contributed by atoms with Crippen LogP contribution >= 0.6 is 0 Å². The summed E-state index contributed by atoms with van der Waals surface area (Å²) in [5.74, 6) is 0.180. The van der Waals surface area contributed by atoms with Gasteiger partial charge in [0.2, 0.25) is 5.91 Å². The summed E-state index contributed by atoms with van der Waals surface area (Å²) in [6.45, 7) is 9.72. The van der Waals surface area contributed by atoms with Crippen molar-refractivity contribution in [3.63, 3.8) is 0 Å². The molecule has 0 radical (unpaired) electrons. The van der Waals surface area contributed by atoms with E-state index in [-0.39, 0.29) is 11.3 Å². The van der Waals surface area contributed by atoms with E-state index in [1.165, 1.54) is 6.42 Å². The summed E-state index contributed by atoms with van der Waals surface area (Å²) in [6, 6.07) is 0. The molecule has 18 heavy (non-hydrogen) atoms. The number of nitrogens with two attached hydrogens (primary N) is 1. The third-order valence-corrected chi connectivity index (χ3v) is 3.44. The summed E-state index contributed by atoms with van der Waals surface area (Å²) < 4.78 is 0. The maximum Gasteiger partial charge on any atom is 0.236 e. The van der Waals surface area contributed by atoms with Crippen LogP contribution in [0.5, 0.6) is 0 Å². The summed E-state index contributed by atoms with van der Waals surface area (Å²) >= 11 is 0. The Morgan fingerprint density at radius 2 is 1.83 bits per heavy atom. The molecule has 108 valence electrons. The maximum atomic E-state index is 11.6. The number of hydrogen-bond acceptors (Lipinski definition) is 3. The number of nitrogens with zero attached hydrogens (tertiary/aromatic N) is 2. The SMILES string of the molecule is CCN(CCCCC(C)(C)CN)CC(=O)N(C)C. The Hall–Kier alpha value is -0.610. The number of likely N-dealkylation sites (N-methyl/N-ethyl adjacent to an activating group) is 2. The lowest BCUT2D eigenvalue weighted by atomic mass is 9.87. The molecule has 0 aliphatic heterocycles. The fraction of sp³-hybridized carbons (Fsp3) is 0.929. The van der Waals surface area contributed by atoms with Gasteiger partial charge >= 0.3 is 0 Å². The number of carbonyl (C=O) groups is 1. The Morgan fingerprint density at radius 3 is 2.28 bits per heavy atom. The number of rotatable bonds is 9.